The molecule has 14 heteroatoms. The Kier molecular flexibility index (Phi) is 6.96. The molecule has 1 aliphatic heterocycles. The molecule has 0 amide bonds. The number of rotatable bonds is 9. The van der Waals surface area contributed by atoms with E-state index in [4.69, 9.17) is 19.6 Å². The molecule has 0 bridgehead atoms. The van der Waals surface area contributed by atoms with Crippen LogP contribution in [-0.4, -0.2) is 95.4 Å². The first kappa shape index (κ1) is 26.0. The molecule has 0 spiro atoms. The third-order valence-electron chi connectivity index (χ3n) is 6.64. The van der Waals surface area contributed by atoms with E-state index < -0.39 is 10.0 Å². The van der Waals surface area contributed by atoms with Crippen molar-refractivity contribution < 1.29 is 17.9 Å². The van der Waals surface area contributed by atoms with Gasteiger partial charge in [0.2, 0.25) is 10.0 Å². The van der Waals surface area contributed by atoms with E-state index in [1.807, 2.05) is 18.2 Å². The number of nitrogens with one attached hydrogen (secondary N) is 2. The second-order valence-electron chi connectivity index (χ2n) is 9.43. The van der Waals surface area contributed by atoms with Gasteiger partial charge in [-0.05, 0) is 30.3 Å². The third-order valence-corrected chi connectivity index (χ3v) is 7.25. The molecule has 0 aliphatic carbocycles. The Hall–Kier alpha value is -4.27. The maximum absolute atomic E-state index is 11.8. The van der Waals surface area contributed by atoms with Gasteiger partial charge in [0.05, 0.1) is 55.1 Å². The molecule has 1 saturated heterocycles. The average molecular weight is 564 g/mol. The van der Waals surface area contributed by atoms with Gasteiger partial charge in [-0.25, -0.2) is 22.6 Å². The zero-order valence-corrected chi connectivity index (χ0v) is 22.9. The Balaban J connectivity index is 1.42. The number of nitrogens with zero attached hydrogens (tertiary/aromatic N) is 7. The van der Waals surface area contributed by atoms with E-state index >= 15 is 0 Å². The first-order chi connectivity index (χ1) is 19.4. The van der Waals surface area contributed by atoms with E-state index in [2.05, 4.69) is 25.0 Å². The summed E-state index contributed by atoms with van der Waals surface area (Å²) in [6.07, 6.45) is 6.34. The molecule has 5 aromatic rings. The molecule has 40 heavy (non-hydrogen) atoms. The number of fused-ring (bicyclic) bond motifs is 2. The van der Waals surface area contributed by atoms with Gasteiger partial charge in [0, 0.05) is 44.6 Å². The normalized spacial score (nSPS) is 14.6. The van der Waals surface area contributed by atoms with Gasteiger partial charge >= 0.3 is 0 Å². The smallest absolute Gasteiger partial charge is 0.229 e. The van der Waals surface area contributed by atoms with Crippen LogP contribution in [0.4, 0.5) is 11.5 Å². The fraction of sp³-hybridized carbons (Fsp3) is 0.308. The van der Waals surface area contributed by atoms with Crippen LogP contribution in [0.3, 0.4) is 0 Å². The maximum atomic E-state index is 11.8. The molecule has 0 saturated carbocycles. The van der Waals surface area contributed by atoms with Crippen LogP contribution in [0.15, 0.2) is 55.0 Å². The van der Waals surface area contributed by atoms with Crippen LogP contribution >= 0.6 is 0 Å². The third kappa shape index (κ3) is 5.28. The zero-order valence-electron chi connectivity index (χ0n) is 22.1. The Labute approximate surface area is 230 Å². The molecule has 0 atom stereocenters. The summed E-state index contributed by atoms with van der Waals surface area (Å²) in [5, 5.41) is 13.6. The molecule has 4 aromatic heterocycles. The highest BCUT2D eigenvalue weighted by molar-refractivity contribution is 7.92. The standard InChI is InChI=1S/C26H29N9O4S/c1-38-24-14-18(32-40(2,36)37)5-6-21(24)34-22-15-20(23-17-29-25-4-3-7-30-35(23)25)28-16-19(22)26(31-34)27-8-9-33-10-12-39-13-11-33/h3-7,14-17,32H,8-13H2,1-2H3,(H,27,31). The highest BCUT2D eigenvalue weighted by atomic mass is 32.2. The first-order valence-electron chi connectivity index (χ1n) is 12.8. The van der Waals surface area contributed by atoms with Crippen LogP contribution in [0.2, 0.25) is 0 Å². The average Bonchev–Trinajstić information content (AvgIpc) is 3.54. The van der Waals surface area contributed by atoms with Crippen LogP contribution in [0.1, 0.15) is 0 Å². The van der Waals surface area contributed by atoms with E-state index in [0.717, 1.165) is 55.7 Å². The van der Waals surface area contributed by atoms with Gasteiger partial charge in [0.25, 0.3) is 0 Å². The number of pyridine rings is 1. The van der Waals surface area contributed by atoms with Crippen LogP contribution in [0, 0.1) is 0 Å². The van der Waals surface area contributed by atoms with E-state index in [-0.39, 0.29) is 0 Å². The molecule has 208 valence electrons. The summed E-state index contributed by atoms with van der Waals surface area (Å²) >= 11 is 0. The summed E-state index contributed by atoms with van der Waals surface area (Å²) < 4.78 is 40.7. The van der Waals surface area contributed by atoms with E-state index in [0.29, 0.717) is 40.8 Å². The number of sulfonamides is 1. The number of ether oxygens (including phenoxy) is 2. The highest BCUT2D eigenvalue weighted by Gasteiger charge is 2.19. The molecule has 1 fully saturated rings. The SMILES string of the molecule is COc1cc(NS(C)(=O)=O)ccc1-n1nc(NCCN2CCOCC2)c2cnc(-c3cnc4cccnn34)cc21. The van der Waals surface area contributed by atoms with E-state index in [1.165, 1.54) is 7.11 Å². The predicted octanol–water partition coefficient (Wildman–Crippen LogP) is 2.25. The predicted molar refractivity (Wildman–Crippen MR) is 152 cm³/mol. The summed E-state index contributed by atoms with van der Waals surface area (Å²) in [6, 6.07) is 10.7. The van der Waals surface area contributed by atoms with Crippen molar-refractivity contribution >= 4 is 38.1 Å². The fourth-order valence-electron chi connectivity index (χ4n) is 4.76. The molecule has 1 aliphatic rings. The molecule has 1 aromatic carbocycles. The number of anilines is 2. The monoisotopic (exact) mass is 563 g/mol. The second-order valence-corrected chi connectivity index (χ2v) is 11.2. The van der Waals surface area contributed by atoms with Gasteiger partial charge < -0.3 is 14.8 Å². The Morgan fingerprint density at radius 2 is 1.95 bits per heavy atom. The largest absolute Gasteiger partial charge is 0.494 e. The van der Waals surface area contributed by atoms with Crippen molar-refractivity contribution in [2.75, 3.05) is 62.8 Å². The summed E-state index contributed by atoms with van der Waals surface area (Å²) in [7, 11) is -1.92. The van der Waals surface area contributed by atoms with Gasteiger partial charge in [-0.2, -0.15) is 5.10 Å². The minimum Gasteiger partial charge on any atom is -0.494 e. The van der Waals surface area contributed by atoms with Crippen LogP contribution in [0.5, 0.6) is 5.75 Å². The lowest BCUT2D eigenvalue weighted by molar-refractivity contribution is 0.0398. The van der Waals surface area contributed by atoms with E-state index in [9.17, 15) is 8.42 Å². The van der Waals surface area contributed by atoms with Gasteiger partial charge in [-0.1, -0.05) is 0 Å². The Bertz CT molecular complexity index is 1780. The van der Waals surface area contributed by atoms with E-state index in [1.54, 1.807) is 46.0 Å². The summed E-state index contributed by atoms with van der Waals surface area (Å²) in [6.45, 7) is 4.84. The van der Waals surface area contributed by atoms with Crippen LogP contribution in [-0.2, 0) is 14.8 Å². The minimum atomic E-state index is -3.45. The molecule has 13 nitrogen and oxygen atoms in total. The number of morpholine rings is 1. The fourth-order valence-corrected chi connectivity index (χ4v) is 5.31. The number of aromatic nitrogens is 6. The van der Waals surface area contributed by atoms with Gasteiger partial charge in [0.1, 0.15) is 17.1 Å². The number of imidazole rings is 1. The molecule has 5 heterocycles. The quantitative estimate of drug-likeness (QED) is 0.274. The number of benzene rings is 1. The Morgan fingerprint density at radius 3 is 2.75 bits per heavy atom. The molecule has 2 N–H and O–H groups in total. The topological polar surface area (TPSA) is 141 Å². The van der Waals surface area contributed by atoms with Crippen molar-refractivity contribution in [1.29, 1.82) is 0 Å². The number of methoxy groups -OCH3 is 1. The Morgan fingerprint density at radius 1 is 1.10 bits per heavy atom. The summed E-state index contributed by atoms with van der Waals surface area (Å²) in [5.74, 6) is 1.13. The molecule has 0 unspecified atom stereocenters. The van der Waals surface area contributed by atoms with Gasteiger partial charge in [-0.15, -0.1) is 5.10 Å². The molecular weight excluding hydrogens is 534 g/mol. The maximum Gasteiger partial charge on any atom is 0.229 e. The van der Waals surface area contributed by atoms with Crippen molar-refractivity contribution in [3.63, 3.8) is 0 Å². The van der Waals surface area contributed by atoms with Gasteiger partial charge in [-0.3, -0.25) is 14.6 Å². The lowest BCUT2D eigenvalue weighted by Gasteiger charge is -2.26. The highest BCUT2D eigenvalue weighted by Crippen LogP contribution is 2.33. The lowest BCUT2D eigenvalue weighted by atomic mass is 10.2. The van der Waals surface area contributed by atoms with Crippen LogP contribution in [0.25, 0.3) is 33.6 Å². The van der Waals surface area contributed by atoms with Crippen molar-refractivity contribution in [2.45, 2.75) is 0 Å². The summed E-state index contributed by atoms with van der Waals surface area (Å²) in [5.41, 5.74) is 3.95. The molecular formula is C26H29N9O4S. The van der Waals surface area contributed by atoms with Crippen molar-refractivity contribution in [1.82, 2.24) is 34.3 Å². The second kappa shape index (κ2) is 10.7. The summed E-state index contributed by atoms with van der Waals surface area (Å²) in [4.78, 5) is 11.5. The van der Waals surface area contributed by atoms with Crippen molar-refractivity contribution in [3.8, 4) is 22.8 Å². The number of hydrogen-bond donors (Lipinski definition) is 2. The first-order valence-corrected chi connectivity index (χ1v) is 14.7. The minimum absolute atomic E-state index is 0.391. The van der Waals surface area contributed by atoms with Crippen LogP contribution < -0.4 is 14.8 Å². The lowest BCUT2D eigenvalue weighted by Crippen LogP contribution is -2.39. The van der Waals surface area contributed by atoms with Crippen molar-refractivity contribution in [2.24, 2.45) is 0 Å². The molecule has 0 radical (unpaired) electrons. The zero-order chi connectivity index (χ0) is 27.7. The van der Waals surface area contributed by atoms with Crippen molar-refractivity contribution in [3.05, 3.63) is 55.0 Å². The van der Waals surface area contributed by atoms with Gasteiger partial charge in [0.15, 0.2) is 11.5 Å². The number of hydrogen-bond acceptors (Lipinski definition) is 10. The molecule has 6 rings (SSSR count).